The number of hydrogen-bond donors (Lipinski definition) is 1. The molecule has 1 saturated heterocycles. The van der Waals surface area contributed by atoms with Gasteiger partial charge in [0, 0.05) is 24.7 Å². The van der Waals surface area contributed by atoms with Gasteiger partial charge in [0.1, 0.15) is 0 Å². The highest BCUT2D eigenvalue weighted by Gasteiger charge is 2.29. The van der Waals surface area contributed by atoms with Crippen molar-refractivity contribution in [2.45, 2.75) is 31.7 Å². The van der Waals surface area contributed by atoms with E-state index in [1.165, 1.54) is 0 Å². The molecule has 0 spiro atoms. The predicted octanol–water partition coefficient (Wildman–Crippen LogP) is 3.55. The second-order valence-corrected chi connectivity index (χ2v) is 7.85. The Morgan fingerprint density at radius 3 is 2.37 bits per heavy atom. The highest BCUT2D eigenvalue weighted by Crippen LogP contribution is 2.50. The summed E-state index contributed by atoms with van der Waals surface area (Å²) in [6, 6.07) is 7.97. The maximum Gasteiger partial charge on any atom is 0.203 e. The molecule has 1 atom stereocenters. The van der Waals surface area contributed by atoms with Gasteiger partial charge in [-0.05, 0) is 67.6 Å². The van der Waals surface area contributed by atoms with Crippen molar-refractivity contribution < 1.29 is 14.2 Å². The van der Waals surface area contributed by atoms with Crippen molar-refractivity contribution in [3.63, 3.8) is 0 Å². The van der Waals surface area contributed by atoms with Crippen molar-refractivity contribution in [1.29, 1.82) is 0 Å². The van der Waals surface area contributed by atoms with Gasteiger partial charge in [-0.3, -0.25) is 4.79 Å². The fraction of sp³-hybridized carbons (Fsp3) is 0.458. The van der Waals surface area contributed by atoms with Crippen LogP contribution in [0, 0.1) is 0 Å². The molecule has 6 heteroatoms. The summed E-state index contributed by atoms with van der Waals surface area (Å²) in [6.45, 7) is 1.87. The van der Waals surface area contributed by atoms with Gasteiger partial charge in [-0.1, -0.05) is 6.07 Å². The summed E-state index contributed by atoms with van der Waals surface area (Å²) in [6.07, 6.45) is 3.97. The fourth-order valence-corrected chi connectivity index (χ4v) is 4.82. The third-order valence-corrected chi connectivity index (χ3v) is 6.31. The van der Waals surface area contributed by atoms with Crippen LogP contribution in [0.3, 0.4) is 0 Å². The van der Waals surface area contributed by atoms with Gasteiger partial charge >= 0.3 is 0 Å². The van der Waals surface area contributed by atoms with Crippen molar-refractivity contribution >= 4 is 5.69 Å². The Morgan fingerprint density at radius 1 is 1.00 bits per heavy atom. The van der Waals surface area contributed by atoms with Crippen LogP contribution in [0.2, 0.25) is 0 Å². The van der Waals surface area contributed by atoms with Crippen molar-refractivity contribution in [2.24, 2.45) is 0 Å². The molecule has 0 bridgehead atoms. The van der Waals surface area contributed by atoms with Gasteiger partial charge in [0.2, 0.25) is 11.2 Å². The lowest BCUT2D eigenvalue weighted by Crippen LogP contribution is -2.23. The number of benzene rings is 1. The van der Waals surface area contributed by atoms with Gasteiger partial charge in [0.05, 0.1) is 27.0 Å². The summed E-state index contributed by atoms with van der Waals surface area (Å²) < 4.78 is 17.1. The molecule has 1 fully saturated rings. The Labute approximate surface area is 177 Å². The molecule has 1 aliphatic heterocycles. The molecular formula is C24H30N2O4. The molecule has 0 amide bonds. The molecule has 0 aromatic heterocycles. The first-order valence-electron chi connectivity index (χ1n) is 10.6. The number of fused-ring (bicyclic) bond motifs is 3. The topological polar surface area (TPSA) is 60.0 Å². The molecule has 1 aliphatic carbocycles. The maximum absolute atomic E-state index is 13.2. The lowest BCUT2D eigenvalue weighted by molar-refractivity contribution is 0.324. The molecule has 160 valence electrons. The third kappa shape index (κ3) is 3.39. The van der Waals surface area contributed by atoms with Gasteiger partial charge in [0.15, 0.2) is 11.5 Å². The van der Waals surface area contributed by atoms with E-state index < -0.39 is 0 Å². The lowest BCUT2D eigenvalue weighted by atomic mass is 9.95. The van der Waals surface area contributed by atoms with Crippen LogP contribution in [0.4, 0.5) is 5.69 Å². The Morgan fingerprint density at radius 2 is 1.73 bits per heavy atom. The minimum atomic E-state index is 0.0700. The van der Waals surface area contributed by atoms with Gasteiger partial charge < -0.3 is 24.4 Å². The van der Waals surface area contributed by atoms with Crippen molar-refractivity contribution in [3.8, 4) is 28.4 Å². The molecule has 1 N–H and O–H groups in total. The molecule has 0 radical (unpaired) electrons. The second-order valence-electron chi connectivity index (χ2n) is 7.85. The molecule has 2 aromatic rings. The first-order valence-corrected chi connectivity index (χ1v) is 10.6. The smallest absolute Gasteiger partial charge is 0.203 e. The van der Waals surface area contributed by atoms with Crippen LogP contribution in [0.5, 0.6) is 17.2 Å². The van der Waals surface area contributed by atoms with E-state index in [1.807, 2.05) is 25.2 Å². The highest BCUT2D eigenvalue weighted by molar-refractivity contribution is 5.83. The maximum atomic E-state index is 13.2. The first kappa shape index (κ1) is 20.5. The van der Waals surface area contributed by atoms with Crippen LogP contribution in [0.25, 0.3) is 11.1 Å². The van der Waals surface area contributed by atoms with Crippen LogP contribution in [0.15, 0.2) is 29.1 Å². The van der Waals surface area contributed by atoms with Crippen LogP contribution in [0.1, 0.15) is 36.4 Å². The van der Waals surface area contributed by atoms with E-state index in [1.54, 1.807) is 21.3 Å². The molecular weight excluding hydrogens is 380 g/mol. The Balaban J connectivity index is 2.02. The minimum absolute atomic E-state index is 0.0700. The molecule has 4 rings (SSSR count). The first-order chi connectivity index (χ1) is 14.6. The van der Waals surface area contributed by atoms with Crippen molar-refractivity contribution in [1.82, 2.24) is 5.32 Å². The zero-order valence-corrected chi connectivity index (χ0v) is 18.2. The number of aryl methyl sites for hydroxylation is 1. The van der Waals surface area contributed by atoms with Crippen molar-refractivity contribution in [2.75, 3.05) is 46.4 Å². The lowest BCUT2D eigenvalue weighted by Gasteiger charge is -2.19. The van der Waals surface area contributed by atoms with Crippen LogP contribution >= 0.6 is 0 Å². The largest absolute Gasteiger partial charge is 0.493 e. The molecule has 2 aliphatic rings. The van der Waals surface area contributed by atoms with Gasteiger partial charge in [-0.2, -0.15) is 0 Å². The third-order valence-electron chi connectivity index (χ3n) is 6.31. The number of rotatable bonds is 5. The molecule has 0 saturated carbocycles. The Bertz CT molecular complexity index is 999. The fourth-order valence-electron chi connectivity index (χ4n) is 4.82. The zero-order chi connectivity index (χ0) is 21.3. The number of methoxy groups -OCH3 is 3. The Kier molecular flexibility index (Phi) is 5.86. The van der Waals surface area contributed by atoms with E-state index in [0.29, 0.717) is 17.2 Å². The van der Waals surface area contributed by atoms with Gasteiger partial charge in [-0.15, -0.1) is 0 Å². The van der Waals surface area contributed by atoms with Crippen LogP contribution < -0.4 is 29.9 Å². The minimum Gasteiger partial charge on any atom is -0.493 e. The average molecular weight is 411 g/mol. The van der Waals surface area contributed by atoms with E-state index in [-0.39, 0.29) is 11.5 Å². The van der Waals surface area contributed by atoms with Crippen molar-refractivity contribution in [3.05, 3.63) is 45.6 Å². The molecule has 1 heterocycles. The van der Waals surface area contributed by atoms with E-state index in [2.05, 4.69) is 16.3 Å². The predicted molar refractivity (Wildman–Crippen MR) is 119 cm³/mol. The summed E-state index contributed by atoms with van der Waals surface area (Å²) in [5, 5.41) is 3.40. The Hall–Kier alpha value is -2.73. The molecule has 30 heavy (non-hydrogen) atoms. The zero-order valence-electron chi connectivity index (χ0n) is 18.2. The van der Waals surface area contributed by atoms with Crippen LogP contribution in [-0.2, 0) is 6.42 Å². The van der Waals surface area contributed by atoms with E-state index in [9.17, 15) is 4.79 Å². The van der Waals surface area contributed by atoms with Gasteiger partial charge in [0.25, 0.3) is 0 Å². The van der Waals surface area contributed by atoms with E-state index in [4.69, 9.17) is 14.2 Å². The second kappa shape index (κ2) is 8.56. The highest BCUT2D eigenvalue weighted by atomic mass is 16.5. The van der Waals surface area contributed by atoms with Gasteiger partial charge in [-0.25, -0.2) is 0 Å². The SMILES string of the molecule is CN[C@H]1CCc2cc(OC)c(OC)c(OC)c2-c2ccc(N3CCCC3)c(=O)cc21. The number of nitrogens with zero attached hydrogens (tertiary/aromatic N) is 1. The summed E-state index contributed by atoms with van der Waals surface area (Å²) in [7, 11) is 6.85. The number of ether oxygens (including phenoxy) is 3. The molecule has 6 nitrogen and oxygen atoms in total. The standard InChI is InChI=1S/C24H30N2O4/c1-25-18-9-7-15-13-21(28-2)23(29-3)24(30-4)22(15)16-8-10-19(20(27)14-17(16)18)26-11-5-6-12-26/h8,10,13-14,18,25H,5-7,9,11-12H2,1-4H3/t18-/m0/s1. The molecule has 0 unspecified atom stereocenters. The van der Waals surface area contributed by atoms with E-state index >= 15 is 0 Å². The monoisotopic (exact) mass is 410 g/mol. The average Bonchev–Trinajstić information content (AvgIpc) is 3.18. The molecule has 2 aromatic carbocycles. The number of nitrogens with one attached hydrogen (secondary N) is 1. The summed E-state index contributed by atoms with van der Waals surface area (Å²) >= 11 is 0. The summed E-state index contributed by atoms with van der Waals surface area (Å²) in [5.74, 6) is 1.87. The van der Waals surface area contributed by atoms with Crippen LogP contribution in [-0.4, -0.2) is 41.5 Å². The number of hydrogen-bond acceptors (Lipinski definition) is 6. The summed E-state index contributed by atoms with van der Waals surface area (Å²) in [5.41, 5.74) is 4.95. The normalized spacial score (nSPS) is 17.7. The quantitative estimate of drug-likeness (QED) is 0.814. The number of anilines is 1. The summed E-state index contributed by atoms with van der Waals surface area (Å²) in [4.78, 5) is 15.4. The van der Waals surface area contributed by atoms with E-state index in [0.717, 1.165) is 66.7 Å².